The third-order valence-corrected chi connectivity index (χ3v) is 23.7. The first-order chi connectivity index (χ1) is 34.1. The number of anilines is 1. The summed E-state index contributed by atoms with van der Waals surface area (Å²) in [5.74, 6) is 2.78. The first kappa shape index (κ1) is 52.5. The van der Waals surface area contributed by atoms with Crippen molar-refractivity contribution in [3.05, 3.63) is 48.0 Å². The van der Waals surface area contributed by atoms with E-state index in [9.17, 15) is 39.6 Å². The molecule has 3 aliphatic heterocycles. The number of benzene rings is 2. The van der Waals surface area contributed by atoms with E-state index in [0.717, 1.165) is 23.6 Å². The van der Waals surface area contributed by atoms with Crippen LogP contribution in [0.2, 0.25) is 16.6 Å². The molecule has 1 amide bonds. The van der Waals surface area contributed by atoms with Crippen LogP contribution in [0.25, 0.3) is 53.2 Å². The van der Waals surface area contributed by atoms with E-state index in [4.69, 9.17) is 29.2 Å². The third-order valence-electron chi connectivity index (χ3n) is 14.9. The predicted molar refractivity (Wildman–Crippen MR) is 268 cm³/mol. The van der Waals surface area contributed by atoms with E-state index < -0.39 is 64.8 Å². The van der Waals surface area contributed by atoms with Gasteiger partial charge in [-0.2, -0.15) is 49.8 Å². The van der Waals surface area contributed by atoms with Crippen molar-refractivity contribution in [3.63, 3.8) is 0 Å². The number of hydrogen-bond acceptors (Lipinski definition) is 12. The minimum absolute atomic E-state index is 0.0460. The van der Waals surface area contributed by atoms with Gasteiger partial charge >= 0.3 is 33.8 Å². The van der Waals surface area contributed by atoms with Crippen molar-refractivity contribution in [2.45, 2.75) is 134 Å². The minimum Gasteiger partial charge on any atom is -0.462 e. The molecule has 2 atom stereocenters. The molecule has 0 spiro atoms. The summed E-state index contributed by atoms with van der Waals surface area (Å²) in [6, 6.07) is 4.36. The SMILES string of the molecule is CC(C)[Si](C#Cc1c(F)ccc2cc3c(cnn3S(=O)(=O)C(F)(F)F)c(-c3nccc4c3sc3nc(OCC5(C(F)(F)F)CCOCC5)nc(N5C[C@H]6CC[C@@H](C5)N6C(=O)OC(C)(C)C)c34)c12)(C(C)C)C(C)C. The summed E-state index contributed by atoms with van der Waals surface area (Å²) < 4.78 is 148. The Hall–Kier alpha value is -5.31. The largest absolute Gasteiger partial charge is 0.518 e. The summed E-state index contributed by atoms with van der Waals surface area (Å²) in [7, 11) is -8.65. The number of ether oxygens (including phenoxy) is 3. The van der Waals surface area contributed by atoms with Gasteiger partial charge in [0, 0.05) is 54.2 Å². The highest BCUT2D eigenvalue weighted by Crippen LogP contribution is 2.50. The first-order valence-corrected chi connectivity index (χ1v) is 28.7. The van der Waals surface area contributed by atoms with Gasteiger partial charge in [0.25, 0.3) is 0 Å². The smallest absolute Gasteiger partial charge is 0.462 e. The normalized spacial score (nSPS) is 19.0. The van der Waals surface area contributed by atoms with Crippen LogP contribution in [0.3, 0.4) is 0 Å². The second-order valence-corrected chi connectivity index (χ2v) is 29.6. The van der Waals surface area contributed by atoms with Gasteiger partial charge in [0.05, 0.1) is 45.1 Å². The van der Waals surface area contributed by atoms with Gasteiger partial charge in [-0.1, -0.05) is 53.5 Å². The fourth-order valence-electron chi connectivity index (χ4n) is 11.4. The average molecular weight is 1080 g/mol. The van der Waals surface area contributed by atoms with Crippen molar-refractivity contribution >= 4 is 83.3 Å². The number of halogens is 7. The Kier molecular flexibility index (Phi) is 13.3. The van der Waals surface area contributed by atoms with Crippen LogP contribution in [0, 0.1) is 22.7 Å². The van der Waals surface area contributed by atoms with Gasteiger partial charge in [-0.25, -0.2) is 9.18 Å². The summed E-state index contributed by atoms with van der Waals surface area (Å²) in [6.07, 6.45) is -2.12. The molecule has 73 heavy (non-hydrogen) atoms. The van der Waals surface area contributed by atoms with Crippen LogP contribution in [0.5, 0.6) is 6.01 Å². The Morgan fingerprint density at radius 2 is 1.58 bits per heavy atom. The van der Waals surface area contributed by atoms with E-state index in [-0.39, 0.29) is 116 Å². The number of pyridine rings is 1. The van der Waals surface area contributed by atoms with E-state index >= 15 is 4.39 Å². The molecule has 0 radical (unpaired) electrons. The molecule has 4 aromatic heterocycles. The number of amides is 1. The number of nitrogens with zero attached hydrogens (tertiary/aromatic N) is 7. The molecule has 7 heterocycles. The Balaban J connectivity index is 1.31. The van der Waals surface area contributed by atoms with Gasteiger partial charge in [0.2, 0.25) is 0 Å². The number of thiophene rings is 1. The lowest BCUT2D eigenvalue weighted by Gasteiger charge is -2.42. The molecule has 3 aliphatic rings. The van der Waals surface area contributed by atoms with Crippen molar-refractivity contribution < 1.29 is 58.2 Å². The molecule has 2 bridgehead atoms. The Labute approximate surface area is 422 Å². The van der Waals surface area contributed by atoms with E-state index in [1.807, 2.05) is 4.90 Å². The maximum absolute atomic E-state index is 16.7. The number of aromatic nitrogens is 5. The second-order valence-electron chi connectivity index (χ2n) is 21.3. The molecule has 0 aliphatic carbocycles. The lowest BCUT2D eigenvalue weighted by molar-refractivity contribution is -0.254. The van der Waals surface area contributed by atoms with Gasteiger partial charge < -0.3 is 19.1 Å². The Morgan fingerprint density at radius 3 is 2.16 bits per heavy atom. The number of fused-ring (bicyclic) bond motifs is 7. The third kappa shape index (κ3) is 8.94. The zero-order valence-corrected chi connectivity index (χ0v) is 44.4. The molecule has 0 saturated carbocycles. The molecule has 0 unspecified atom stereocenters. The average Bonchev–Trinajstić information content (AvgIpc) is 3.98. The van der Waals surface area contributed by atoms with Crippen LogP contribution >= 0.6 is 11.3 Å². The number of carbonyl (C=O) groups is 1. The highest BCUT2D eigenvalue weighted by atomic mass is 32.2. The monoisotopic (exact) mass is 1080 g/mol. The van der Waals surface area contributed by atoms with Crippen molar-refractivity contribution in [2.75, 3.05) is 37.8 Å². The molecule has 6 aromatic rings. The summed E-state index contributed by atoms with van der Waals surface area (Å²) in [5.41, 5.74) is -5.17. The lowest BCUT2D eigenvalue weighted by atomic mass is 9.80. The summed E-state index contributed by atoms with van der Waals surface area (Å²) >= 11 is 1.05. The molecular formula is C50H56F7N7O6S2Si. The predicted octanol–water partition coefficient (Wildman–Crippen LogP) is 12.1. The fraction of sp³-hybridized carbons (Fsp3) is 0.540. The number of hydrogen-bond donors (Lipinski definition) is 0. The standard InChI is InChI=1S/C50H56F7N7O6S2Si/c1-27(2)73(28(3)4,29(5)6)21-15-33-36(51)13-10-30-22-37-35(23-59-64(37)72(66,67)50(55,56)57)39(38(30)33)41-42-34(14-18-58-41)40-43(62-24-31-11-12-32(25-62)63(31)46(65)70-47(7,8)9)60-45(61-44(40)71-42)69-26-48(49(52,53)54)16-19-68-20-17-48/h10,13-14,18,22-23,27-29,31-32H,11-12,16-17,19-20,24-26H2,1-9H3/t31-,32+. The topological polar surface area (TPSA) is 142 Å². The maximum Gasteiger partial charge on any atom is 0.518 e. The van der Waals surface area contributed by atoms with Gasteiger partial charge in [-0.05, 0) is 86.7 Å². The van der Waals surface area contributed by atoms with Crippen molar-refractivity contribution in [1.29, 1.82) is 0 Å². The van der Waals surface area contributed by atoms with Crippen LogP contribution in [0.15, 0.2) is 36.7 Å². The van der Waals surface area contributed by atoms with Gasteiger partial charge in [0.15, 0.2) is 0 Å². The first-order valence-electron chi connectivity index (χ1n) is 24.2. The van der Waals surface area contributed by atoms with Crippen LogP contribution in [-0.4, -0.2) is 114 Å². The van der Waals surface area contributed by atoms with Crippen LogP contribution < -0.4 is 9.64 Å². The van der Waals surface area contributed by atoms with Crippen LogP contribution in [0.1, 0.15) is 93.6 Å². The molecule has 3 saturated heterocycles. The van der Waals surface area contributed by atoms with Crippen molar-refractivity contribution in [2.24, 2.45) is 5.41 Å². The van der Waals surface area contributed by atoms with E-state index in [1.165, 1.54) is 18.3 Å². The van der Waals surface area contributed by atoms with Gasteiger partial charge in [-0.15, -0.1) is 21.0 Å². The van der Waals surface area contributed by atoms with E-state index in [2.05, 4.69) is 58.1 Å². The molecular weight excluding hydrogens is 1020 g/mol. The zero-order valence-electron chi connectivity index (χ0n) is 41.8. The molecule has 0 N–H and O–H groups in total. The Bertz CT molecular complexity index is 3300. The minimum atomic E-state index is -6.10. The second kappa shape index (κ2) is 18.5. The number of carbonyl (C=O) groups excluding carboxylic acids is 1. The van der Waals surface area contributed by atoms with Crippen LogP contribution in [-0.2, 0) is 19.5 Å². The molecule has 23 heteroatoms. The van der Waals surface area contributed by atoms with E-state index in [1.54, 1.807) is 31.7 Å². The summed E-state index contributed by atoms with van der Waals surface area (Å²) in [5, 5.41) is 4.90. The molecule has 3 fully saturated rings. The number of rotatable bonds is 9. The molecule has 9 rings (SSSR count). The van der Waals surface area contributed by atoms with Gasteiger partial charge in [-0.3, -0.25) is 9.88 Å². The summed E-state index contributed by atoms with van der Waals surface area (Å²) in [4.78, 5) is 31.8. The zero-order chi connectivity index (χ0) is 53.0. The number of piperazine rings is 1. The molecule has 13 nitrogen and oxygen atoms in total. The van der Waals surface area contributed by atoms with E-state index in [0.29, 0.717) is 34.1 Å². The van der Waals surface area contributed by atoms with Crippen molar-refractivity contribution in [3.8, 4) is 28.7 Å². The van der Waals surface area contributed by atoms with Crippen molar-refractivity contribution in [1.82, 2.24) is 29.0 Å². The molecule has 392 valence electrons. The lowest BCUT2D eigenvalue weighted by Crippen LogP contribution is -2.57. The highest BCUT2D eigenvalue weighted by molar-refractivity contribution is 7.90. The van der Waals surface area contributed by atoms with Gasteiger partial charge in [0.1, 0.15) is 42.2 Å². The maximum atomic E-state index is 16.7. The quantitative estimate of drug-likeness (QED) is 0.0776. The Morgan fingerprint density at radius 1 is 0.932 bits per heavy atom. The molecule has 2 aromatic carbocycles. The highest BCUT2D eigenvalue weighted by Gasteiger charge is 2.56. The summed E-state index contributed by atoms with van der Waals surface area (Å²) in [6.45, 7) is 17.3. The number of alkyl halides is 6. The fourth-order valence-corrected chi connectivity index (χ4v) is 18.5. The van der Waals surface area contributed by atoms with Crippen LogP contribution in [0.4, 0.5) is 41.3 Å².